The van der Waals surface area contributed by atoms with Gasteiger partial charge < -0.3 is 20.4 Å². The lowest BCUT2D eigenvalue weighted by Gasteiger charge is -2.09. The minimum absolute atomic E-state index is 0.622. The summed E-state index contributed by atoms with van der Waals surface area (Å²) in [6, 6.07) is 7.67. The number of hydrogen-bond donors (Lipinski definition) is 2. The molecule has 6 heteroatoms. The highest BCUT2D eigenvalue weighted by molar-refractivity contribution is 5.85. The minimum atomic E-state index is 0.622. The second-order valence-electron chi connectivity index (χ2n) is 4.81. The first-order chi connectivity index (χ1) is 10.2. The molecule has 3 N–H and O–H groups in total. The number of pyridine rings is 1. The van der Waals surface area contributed by atoms with E-state index in [4.69, 9.17) is 10.5 Å². The Morgan fingerprint density at radius 1 is 1.29 bits per heavy atom. The molecule has 0 saturated heterocycles. The summed E-state index contributed by atoms with van der Waals surface area (Å²) < 4.78 is 7.12. The van der Waals surface area contributed by atoms with Crippen molar-refractivity contribution >= 4 is 22.5 Å². The molecule has 0 aliphatic carbocycles. The molecule has 3 rings (SSSR count). The number of nitrogen functional groups attached to an aromatic ring is 1. The zero-order valence-corrected chi connectivity index (χ0v) is 12.0. The summed E-state index contributed by atoms with van der Waals surface area (Å²) in [6.07, 6.45) is 3.55. The van der Waals surface area contributed by atoms with Crippen LogP contribution < -0.4 is 15.8 Å². The van der Waals surface area contributed by atoms with Crippen LogP contribution in [0.4, 0.5) is 11.5 Å². The average molecular weight is 283 g/mol. The topological polar surface area (TPSA) is 78.0 Å². The van der Waals surface area contributed by atoms with Crippen LogP contribution >= 0.6 is 0 Å². The summed E-state index contributed by atoms with van der Waals surface area (Å²) in [5, 5.41) is 3.30. The smallest absolute Gasteiger partial charge is 0.154 e. The molecule has 0 saturated carbocycles. The van der Waals surface area contributed by atoms with E-state index in [1.165, 1.54) is 0 Å². The van der Waals surface area contributed by atoms with Crippen LogP contribution in [0.3, 0.4) is 0 Å². The van der Waals surface area contributed by atoms with Crippen molar-refractivity contribution in [3.63, 3.8) is 0 Å². The van der Waals surface area contributed by atoms with Gasteiger partial charge in [0, 0.05) is 19.8 Å². The number of benzene rings is 1. The Kier molecular flexibility index (Phi) is 3.35. The fourth-order valence-corrected chi connectivity index (χ4v) is 2.27. The molecule has 1 aromatic carbocycles. The van der Waals surface area contributed by atoms with Crippen molar-refractivity contribution in [2.45, 2.75) is 6.54 Å². The summed E-state index contributed by atoms with van der Waals surface area (Å²) in [4.78, 5) is 8.72. The monoisotopic (exact) mass is 283 g/mol. The Hall–Kier alpha value is -2.76. The molecule has 2 heterocycles. The van der Waals surface area contributed by atoms with Gasteiger partial charge >= 0.3 is 0 Å². The maximum atomic E-state index is 5.91. The largest absolute Gasteiger partial charge is 0.495 e. The lowest BCUT2D eigenvalue weighted by molar-refractivity contribution is 0.417. The van der Waals surface area contributed by atoms with Crippen molar-refractivity contribution in [1.29, 1.82) is 0 Å². The Bertz CT molecular complexity index is 781. The molecule has 0 unspecified atom stereocenters. The second-order valence-corrected chi connectivity index (χ2v) is 4.81. The third-order valence-electron chi connectivity index (χ3n) is 3.40. The molecule has 108 valence electrons. The number of nitrogens with two attached hydrogens (primary N) is 1. The lowest BCUT2D eigenvalue weighted by atomic mass is 10.2. The lowest BCUT2D eigenvalue weighted by Crippen LogP contribution is -2.03. The van der Waals surface area contributed by atoms with Crippen molar-refractivity contribution in [3.05, 3.63) is 42.4 Å². The Morgan fingerprint density at radius 3 is 2.90 bits per heavy atom. The Morgan fingerprint density at radius 2 is 2.14 bits per heavy atom. The first-order valence-electron chi connectivity index (χ1n) is 6.61. The van der Waals surface area contributed by atoms with Gasteiger partial charge in [0.15, 0.2) is 5.82 Å². The van der Waals surface area contributed by atoms with Crippen LogP contribution in [-0.4, -0.2) is 21.6 Å². The molecule has 21 heavy (non-hydrogen) atoms. The van der Waals surface area contributed by atoms with Gasteiger partial charge in [-0.25, -0.2) is 9.97 Å². The number of rotatable bonds is 4. The third-order valence-corrected chi connectivity index (χ3v) is 3.40. The number of nitrogens with zero attached hydrogens (tertiary/aromatic N) is 3. The zero-order valence-electron chi connectivity index (χ0n) is 12.0. The summed E-state index contributed by atoms with van der Waals surface area (Å²) in [5.74, 6) is 1.45. The second kappa shape index (κ2) is 5.32. The molecule has 2 aromatic heterocycles. The summed E-state index contributed by atoms with van der Waals surface area (Å²) in [6.45, 7) is 0.622. The maximum absolute atomic E-state index is 5.91. The molecule has 0 amide bonds. The van der Waals surface area contributed by atoms with Crippen molar-refractivity contribution < 1.29 is 4.74 Å². The van der Waals surface area contributed by atoms with Crippen LogP contribution in [0, 0.1) is 0 Å². The molecule has 0 spiro atoms. The Labute approximate surface area is 122 Å². The molecular weight excluding hydrogens is 266 g/mol. The van der Waals surface area contributed by atoms with Gasteiger partial charge in [-0.2, -0.15) is 0 Å². The number of nitrogens with one attached hydrogen (secondary N) is 1. The number of ether oxygens (including phenoxy) is 1. The fraction of sp³-hybridized carbons (Fsp3) is 0.200. The zero-order chi connectivity index (χ0) is 14.8. The first-order valence-corrected chi connectivity index (χ1v) is 6.61. The van der Waals surface area contributed by atoms with Gasteiger partial charge in [0.25, 0.3) is 0 Å². The molecule has 6 nitrogen and oxygen atoms in total. The molecule has 0 bridgehead atoms. The molecule has 0 aliphatic rings. The van der Waals surface area contributed by atoms with E-state index < -0.39 is 0 Å². The summed E-state index contributed by atoms with van der Waals surface area (Å²) >= 11 is 0. The predicted molar refractivity (Wildman–Crippen MR) is 83.2 cm³/mol. The molecule has 0 aliphatic heterocycles. The van der Waals surface area contributed by atoms with E-state index in [9.17, 15) is 0 Å². The highest BCUT2D eigenvalue weighted by Gasteiger charge is 2.07. The molecule has 0 radical (unpaired) electrons. The van der Waals surface area contributed by atoms with Crippen molar-refractivity contribution in [2.24, 2.45) is 7.05 Å². The number of aryl methyl sites for hydroxylation is 1. The standard InChI is InChI=1S/C15H17N5O/c1-20-9-19-14-12(20)5-6-17-15(14)18-8-10-3-4-13(21-2)11(16)7-10/h3-7,9H,8,16H2,1-2H3,(H,17,18). The number of imidazole rings is 1. The normalized spacial score (nSPS) is 10.8. The highest BCUT2D eigenvalue weighted by atomic mass is 16.5. The van der Waals surface area contributed by atoms with Gasteiger partial charge in [-0.1, -0.05) is 6.07 Å². The summed E-state index contributed by atoms with van der Waals surface area (Å²) in [5.41, 5.74) is 9.50. The van der Waals surface area contributed by atoms with Gasteiger partial charge in [-0.15, -0.1) is 0 Å². The van der Waals surface area contributed by atoms with E-state index >= 15 is 0 Å². The molecule has 0 fully saturated rings. The van der Waals surface area contributed by atoms with Crippen LogP contribution in [0.1, 0.15) is 5.56 Å². The SMILES string of the molecule is COc1ccc(CNc2nccc3c2ncn3C)cc1N. The van der Waals surface area contributed by atoms with Crippen molar-refractivity contribution in [1.82, 2.24) is 14.5 Å². The number of methoxy groups -OCH3 is 1. The van der Waals surface area contributed by atoms with E-state index in [1.54, 1.807) is 19.6 Å². The van der Waals surface area contributed by atoms with Gasteiger partial charge in [0.2, 0.25) is 0 Å². The molecular formula is C15H17N5O. The van der Waals surface area contributed by atoms with Crippen LogP contribution in [0.25, 0.3) is 11.0 Å². The maximum Gasteiger partial charge on any atom is 0.154 e. The van der Waals surface area contributed by atoms with Gasteiger partial charge in [0.05, 0.1) is 24.6 Å². The van der Waals surface area contributed by atoms with E-state index in [-0.39, 0.29) is 0 Å². The molecule has 0 atom stereocenters. The third kappa shape index (κ3) is 2.47. The minimum Gasteiger partial charge on any atom is -0.495 e. The highest BCUT2D eigenvalue weighted by Crippen LogP contribution is 2.23. The van der Waals surface area contributed by atoms with Gasteiger partial charge in [-0.05, 0) is 23.8 Å². The van der Waals surface area contributed by atoms with Crippen LogP contribution in [0.15, 0.2) is 36.8 Å². The Balaban J connectivity index is 1.82. The number of anilines is 2. The van der Waals surface area contributed by atoms with E-state index in [2.05, 4.69) is 15.3 Å². The number of fused-ring (bicyclic) bond motifs is 1. The van der Waals surface area contributed by atoms with E-state index in [0.717, 1.165) is 22.4 Å². The number of aromatic nitrogens is 3. The van der Waals surface area contributed by atoms with E-state index in [1.807, 2.05) is 35.9 Å². The van der Waals surface area contributed by atoms with E-state index in [0.29, 0.717) is 18.0 Å². The van der Waals surface area contributed by atoms with Crippen molar-refractivity contribution in [3.8, 4) is 5.75 Å². The average Bonchev–Trinajstić information content (AvgIpc) is 2.87. The summed E-state index contributed by atoms with van der Waals surface area (Å²) in [7, 11) is 3.57. The quantitative estimate of drug-likeness (QED) is 0.717. The molecule has 3 aromatic rings. The van der Waals surface area contributed by atoms with Crippen LogP contribution in [0.5, 0.6) is 5.75 Å². The number of hydrogen-bond acceptors (Lipinski definition) is 5. The predicted octanol–water partition coefficient (Wildman–Crippen LogP) is 2.17. The van der Waals surface area contributed by atoms with Crippen molar-refractivity contribution in [2.75, 3.05) is 18.2 Å². The first kappa shape index (κ1) is 13.2. The van der Waals surface area contributed by atoms with Gasteiger partial charge in [-0.3, -0.25) is 0 Å². The van der Waals surface area contributed by atoms with Crippen LogP contribution in [-0.2, 0) is 13.6 Å². The van der Waals surface area contributed by atoms with Crippen LogP contribution in [0.2, 0.25) is 0 Å². The fourth-order valence-electron chi connectivity index (χ4n) is 2.27. The van der Waals surface area contributed by atoms with Gasteiger partial charge in [0.1, 0.15) is 11.3 Å².